The Kier molecular flexibility index (Phi) is 2.51. The minimum absolute atomic E-state index is 0.937. The first-order chi connectivity index (χ1) is 13.9. The number of nitrogens with zero attached hydrogens (tertiary/aromatic N) is 4. The molecule has 0 N–H and O–H groups in total. The summed E-state index contributed by atoms with van der Waals surface area (Å²) < 4.78 is 2.30. The summed E-state index contributed by atoms with van der Waals surface area (Å²) in [5, 5.41) is 3.38. The van der Waals surface area contributed by atoms with Crippen LogP contribution in [0.25, 0.3) is 49.5 Å². The molecule has 4 heteroatoms. The fourth-order valence-electron chi connectivity index (χ4n) is 4.80. The van der Waals surface area contributed by atoms with Crippen molar-refractivity contribution in [2.24, 2.45) is 0 Å². The highest BCUT2D eigenvalue weighted by Gasteiger charge is 2.24. The van der Waals surface area contributed by atoms with E-state index in [2.05, 4.69) is 62.9 Å². The van der Waals surface area contributed by atoms with Gasteiger partial charge in [-0.3, -0.25) is 14.4 Å². The van der Waals surface area contributed by atoms with Gasteiger partial charge in [-0.2, -0.15) is 0 Å². The second-order valence-corrected chi connectivity index (χ2v) is 7.38. The number of aromatic nitrogens is 4. The van der Waals surface area contributed by atoms with E-state index in [1.165, 1.54) is 27.8 Å². The summed E-state index contributed by atoms with van der Waals surface area (Å²) in [5.74, 6) is 0. The molecule has 7 rings (SSSR count). The number of imidazole rings is 1. The fraction of sp³-hybridized carbons (Fsp3) is 0.0417. The molecule has 1 aliphatic carbocycles. The molecule has 4 nitrogen and oxygen atoms in total. The molecule has 0 unspecified atom stereocenters. The first-order valence-electron chi connectivity index (χ1n) is 9.42. The highest BCUT2D eigenvalue weighted by molar-refractivity contribution is 6.13. The van der Waals surface area contributed by atoms with Crippen LogP contribution in [-0.2, 0) is 6.42 Å². The van der Waals surface area contributed by atoms with Crippen LogP contribution < -0.4 is 0 Å². The highest BCUT2D eigenvalue weighted by Crippen LogP contribution is 2.42. The third kappa shape index (κ3) is 1.63. The Morgan fingerprint density at radius 2 is 1.61 bits per heavy atom. The van der Waals surface area contributed by atoms with Gasteiger partial charge in [0.1, 0.15) is 5.65 Å². The van der Waals surface area contributed by atoms with E-state index in [0.29, 0.717) is 0 Å². The average Bonchev–Trinajstić information content (AvgIpc) is 3.32. The Labute approximate surface area is 160 Å². The Morgan fingerprint density at radius 3 is 2.57 bits per heavy atom. The molecule has 0 amide bonds. The molecule has 0 saturated carbocycles. The predicted octanol–water partition coefficient (Wildman–Crippen LogP) is 5.16. The molecule has 4 heterocycles. The van der Waals surface area contributed by atoms with Crippen molar-refractivity contribution in [1.82, 2.24) is 19.4 Å². The minimum atomic E-state index is 0.937. The zero-order valence-electron chi connectivity index (χ0n) is 14.9. The standard InChI is InChI=1S/C24H14N4/c1-2-4-15-14(3-1)11-19-16(15)5-6-21-23(19)28-22-13-26-9-7-17(22)20-12-25-10-8-18(20)24(28)27-21/h1-10,12-13H,11H2. The van der Waals surface area contributed by atoms with Gasteiger partial charge in [0.05, 0.1) is 22.7 Å². The van der Waals surface area contributed by atoms with E-state index in [0.717, 1.165) is 39.3 Å². The Balaban J connectivity index is 1.76. The third-order valence-electron chi connectivity index (χ3n) is 5.99. The van der Waals surface area contributed by atoms with Gasteiger partial charge in [0.25, 0.3) is 0 Å². The summed E-state index contributed by atoms with van der Waals surface area (Å²) in [7, 11) is 0. The van der Waals surface area contributed by atoms with E-state index in [4.69, 9.17) is 4.98 Å². The Hall–Kier alpha value is -3.79. The number of hydrogen-bond donors (Lipinski definition) is 0. The van der Waals surface area contributed by atoms with Crippen LogP contribution in [0.3, 0.4) is 0 Å². The molecule has 0 bridgehead atoms. The fourth-order valence-corrected chi connectivity index (χ4v) is 4.80. The van der Waals surface area contributed by atoms with Crippen molar-refractivity contribution in [2.75, 3.05) is 0 Å². The molecule has 4 aromatic heterocycles. The van der Waals surface area contributed by atoms with Crippen molar-refractivity contribution in [1.29, 1.82) is 0 Å². The lowest BCUT2D eigenvalue weighted by atomic mass is 10.0. The normalized spacial score (nSPS) is 12.9. The van der Waals surface area contributed by atoms with E-state index >= 15 is 0 Å². The largest absolute Gasteiger partial charge is 0.290 e. The molecule has 130 valence electrons. The van der Waals surface area contributed by atoms with Gasteiger partial charge in [-0.15, -0.1) is 0 Å². The van der Waals surface area contributed by atoms with Gasteiger partial charge in [0.2, 0.25) is 0 Å². The summed E-state index contributed by atoms with van der Waals surface area (Å²) in [6, 6.07) is 17.2. The summed E-state index contributed by atoms with van der Waals surface area (Å²) in [6.07, 6.45) is 8.50. The molecule has 0 atom stereocenters. The lowest BCUT2D eigenvalue weighted by Gasteiger charge is -2.09. The average molecular weight is 358 g/mol. The summed E-state index contributed by atoms with van der Waals surface area (Å²) in [5.41, 5.74) is 9.65. The van der Waals surface area contributed by atoms with E-state index in [9.17, 15) is 0 Å². The molecule has 0 fully saturated rings. The van der Waals surface area contributed by atoms with Crippen molar-refractivity contribution >= 4 is 38.4 Å². The van der Waals surface area contributed by atoms with Gasteiger partial charge >= 0.3 is 0 Å². The van der Waals surface area contributed by atoms with Crippen LogP contribution in [0, 0.1) is 0 Å². The topological polar surface area (TPSA) is 43.1 Å². The molecular weight excluding hydrogens is 344 g/mol. The van der Waals surface area contributed by atoms with Crippen molar-refractivity contribution in [3.05, 3.63) is 84.4 Å². The van der Waals surface area contributed by atoms with Crippen LogP contribution in [-0.4, -0.2) is 19.4 Å². The predicted molar refractivity (Wildman–Crippen MR) is 112 cm³/mol. The number of hydrogen-bond acceptors (Lipinski definition) is 3. The van der Waals surface area contributed by atoms with Gasteiger partial charge in [0, 0.05) is 41.2 Å². The zero-order chi connectivity index (χ0) is 18.2. The maximum absolute atomic E-state index is 5.04. The van der Waals surface area contributed by atoms with Gasteiger partial charge in [0.15, 0.2) is 0 Å². The molecule has 2 aromatic carbocycles. The third-order valence-corrected chi connectivity index (χ3v) is 5.99. The maximum atomic E-state index is 5.04. The Bertz CT molecular complexity index is 1590. The molecular formula is C24H14N4. The summed E-state index contributed by atoms with van der Waals surface area (Å²) in [6.45, 7) is 0. The van der Waals surface area contributed by atoms with E-state index in [1.54, 1.807) is 0 Å². The van der Waals surface area contributed by atoms with Crippen LogP contribution in [0.15, 0.2) is 73.3 Å². The van der Waals surface area contributed by atoms with Crippen LogP contribution in [0.2, 0.25) is 0 Å². The van der Waals surface area contributed by atoms with E-state index < -0.39 is 0 Å². The van der Waals surface area contributed by atoms with E-state index in [1.807, 2.05) is 24.8 Å². The SMILES string of the molecule is c1ccc2c(c1)Cc1c-2ccc2nc3c4ccncc4c4ccncc4n3c12. The highest BCUT2D eigenvalue weighted by atomic mass is 15.0. The van der Waals surface area contributed by atoms with E-state index in [-0.39, 0.29) is 0 Å². The van der Waals surface area contributed by atoms with Crippen molar-refractivity contribution in [3.8, 4) is 11.1 Å². The monoisotopic (exact) mass is 358 g/mol. The Morgan fingerprint density at radius 1 is 0.750 bits per heavy atom. The lowest BCUT2D eigenvalue weighted by Crippen LogP contribution is -1.94. The number of rotatable bonds is 0. The quantitative estimate of drug-likeness (QED) is 0.352. The van der Waals surface area contributed by atoms with Gasteiger partial charge in [-0.1, -0.05) is 30.3 Å². The second kappa shape index (κ2) is 4.93. The van der Waals surface area contributed by atoms with Crippen LogP contribution >= 0.6 is 0 Å². The van der Waals surface area contributed by atoms with Crippen LogP contribution in [0.4, 0.5) is 0 Å². The molecule has 0 aliphatic heterocycles. The number of benzene rings is 2. The van der Waals surface area contributed by atoms with Gasteiger partial charge < -0.3 is 0 Å². The second-order valence-electron chi connectivity index (χ2n) is 7.38. The van der Waals surface area contributed by atoms with Crippen molar-refractivity contribution in [2.45, 2.75) is 6.42 Å². The number of pyridine rings is 3. The van der Waals surface area contributed by atoms with Crippen LogP contribution in [0.1, 0.15) is 11.1 Å². The summed E-state index contributed by atoms with van der Waals surface area (Å²) >= 11 is 0. The first-order valence-corrected chi connectivity index (χ1v) is 9.42. The molecule has 0 saturated heterocycles. The molecule has 0 radical (unpaired) electrons. The lowest BCUT2D eigenvalue weighted by molar-refractivity contribution is 1.22. The van der Waals surface area contributed by atoms with Gasteiger partial charge in [-0.05, 0) is 40.5 Å². The molecule has 0 spiro atoms. The molecule has 1 aliphatic rings. The van der Waals surface area contributed by atoms with Crippen molar-refractivity contribution in [3.63, 3.8) is 0 Å². The first kappa shape index (κ1) is 14.3. The number of fused-ring (bicyclic) bond motifs is 12. The maximum Gasteiger partial charge on any atom is 0.146 e. The zero-order valence-corrected chi connectivity index (χ0v) is 14.9. The smallest absolute Gasteiger partial charge is 0.146 e. The molecule has 28 heavy (non-hydrogen) atoms. The van der Waals surface area contributed by atoms with Crippen molar-refractivity contribution < 1.29 is 0 Å². The minimum Gasteiger partial charge on any atom is -0.290 e. The summed E-state index contributed by atoms with van der Waals surface area (Å²) in [4.78, 5) is 13.8. The van der Waals surface area contributed by atoms with Gasteiger partial charge in [-0.25, -0.2) is 4.98 Å². The van der Waals surface area contributed by atoms with Crippen LogP contribution in [0.5, 0.6) is 0 Å². The molecule has 6 aromatic rings.